The lowest BCUT2D eigenvalue weighted by Gasteiger charge is -2.11. The van der Waals surface area contributed by atoms with Gasteiger partial charge in [-0.05, 0) is 51.1 Å². The van der Waals surface area contributed by atoms with Gasteiger partial charge >= 0.3 is 11.9 Å². The van der Waals surface area contributed by atoms with E-state index < -0.39 is 11.9 Å². The third-order valence-corrected chi connectivity index (χ3v) is 3.95. The maximum atomic E-state index is 12.1. The van der Waals surface area contributed by atoms with E-state index in [-0.39, 0.29) is 19.8 Å². The molecule has 1 aromatic heterocycles. The summed E-state index contributed by atoms with van der Waals surface area (Å²) < 4.78 is 17.4. The van der Waals surface area contributed by atoms with Crippen molar-refractivity contribution in [2.75, 3.05) is 19.8 Å². The fourth-order valence-corrected chi connectivity index (χ4v) is 2.58. The average molecular weight is 370 g/mol. The standard InChI is InChI=1S/C20H22N2O5/c1-4-25-20(24)18-11-14(2)22(15(18)3)13-19(23)27-10-9-26-17-7-5-16(12-21)6-8-17/h5-8,11H,4,9-10,13H2,1-3H3. The van der Waals surface area contributed by atoms with Crippen LogP contribution >= 0.6 is 0 Å². The van der Waals surface area contributed by atoms with E-state index in [0.717, 1.165) is 5.69 Å². The first-order chi connectivity index (χ1) is 13.0. The Labute approximate surface area is 158 Å². The van der Waals surface area contributed by atoms with E-state index >= 15 is 0 Å². The molecule has 0 saturated carbocycles. The summed E-state index contributed by atoms with van der Waals surface area (Å²) in [5.74, 6) is -0.224. The number of nitriles is 1. The predicted molar refractivity (Wildman–Crippen MR) is 97.5 cm³/mol. The molecule has 0 bridgehead atoms. The second-order valence-corrected chi connectivity index (χ2v) is 5.80. The van der Waals surface area contributed by atoms with E-state index in [2.05, 4.69) is 0 Å². The Hall–Kier alpha value is -3.27. The van der Waals surface area contributed by atoms with Gasteiger partial charge in [0.05, 0.1) is 23.8 Å². The van der Waals surface area contributed by atoms with Gasteiger partial charge in [-0.15, -0.1) is 0 Å². The minimum absolute atomic E-state index is 0.00788. The number of rotatable bonds is 8. The van der Waals surface area contributed by atoms with Crippen molar-refractivity contribution in [3.8, 4) is 11.8 Å². The zero-order chi connectivity index (χ0) is 19.8. The Kier molecular flexibility index (Phi) is 7.00. The van der Waals surface area contributed by atoms with Gasteiger partial charge < -0.3 is 18.8 Å². The van der Waals surface area contributed by atoms with Gasteiger partial charge in [-0.1, -0.05) is 0 Å². The van der Waals surface area contributed by atoms with Crippen LogP contribution in [0.5, 0.6) is 5.75 Å². The van der Waals surface area contributed by atoms with E-state index in [1.165, 1.54) is 0 Å². The summed E-state index contributed by atoms with van der Waals surface area (Å²) >= 11 is 0. The number of hydrogen-bond donors (Lipinski definition) is 0. The molecular formula is C20H22N2O5. The van der Waals surface area contributed by atoms with E-state index in [1.54, 1.807) is 48.7 Å². The highest BCUT2D eigenvalue weighted by Crippen LogP contribution is 2.16. The molecule has 2 rings (SSSR count). The quantitative estimate of drug-likeness (QED) is 0.524. The van der Waals surface area contributed by atoms with E-state index in [0.29, 0.717) is 29.2 Å². The van der Waals surface area contributed by atoms with Crippen LogP contribution in [-0.2, 0) is 20.8 Å². The molecule has 0 radical (unpaired) electrons. The summed E-state index contributed by atoms with van der Waals surface area (Å²) in [5.41, 5.74) is 2.44. The zero-order valence-corrected chi connectivity index (χ0v) is 15.7. The summed E-state index contributed by atoms with van der Waals surface area (Å²) in [6.45, 7) is 5.93. The maximum Gasteiger partial charge on any atom is 0.339 e. The van der Waals surface area contributed by atoms with Crippen LogP contribution in [0.1, 0.15) is 34.2 Å². The summed E-state index contributed by atoms with van der Waals surface area (Å²) in [6.07, 6.45) is 0. The van der Waals surface area contributed by atoms with Gasteiger partial charge in [-0.3, -0.25) is 4.79 Å². The van der Waals surface area contributed by atoms with E-state index in [1.807, 2.05) is 13.0 Å². The third-order valence-electron chi connectivity index (χ3n) is 3.95. The highest BCUT2D eigenvalue weighted by atomic mass is 16.6. The fourth-order valence-electron chi connectivity index (χ4n) is 2.58. The Morgan fingerprint density at radius 1 is 1.11 bits per heavy atom. The molecule has 0 amide bonds. The summed E-state index contributed by atoms with van der Waals surface area (Å²) in [6, 6.07) is 10.4. The van der Waals surface area contributed by atoms with Crippen LogP contribution in [0.25, 0.3) is 0 Å². The number of hydrogen-bond acceptors (Lipinski definition) is 6. The molecule has 1 aromatic carbocycles. The van der Waals surface area contributed by atoms with Gasteiger partial charge in [0.15, 0.2) is 0 Å². The van der Waals surface area contributed by atoms with Crippen molar-refractivity contribution in [3.05, 3.63) is 52.8 Å². The molecule has 27 heavy (non-hydrogen) atoms. The minimum atomic E-state index is -0.421. The van der Waals surface area contributed by atoms with Crippen molar-refractivity contribution < 1.29 is 23.8 Å². The van der Waals surface area contributed by atoms with Crippen LogP contribution in [0, 0.1) is 25.2 Å². The van der Waals surface area contributed by atoms with Crippen molar-refractivity contribution >= 4 is 11.9 Å². The van der Waals surface area contributed by atoms with Crippen molar-refractivity contribution in [1.29, 1.82) is 5.26 Å². The van der Waals surface area contributed by atoms with Crippen molar-refractivity contribution in [2.24, 2.45) is 0 Å². The molecule has 0 aliphatic rings. The monoisotopic (exact) mass is 370 g/mol. The molecule has 7 nitrogen and oxygen atoms in total. The highest BCUT2D eigenvalue weighted by molar-refractivity contribution is 5.91. The number of aryl methyl sites for hydroxylation is 1. The van der Waals surface area contributed by atoms with Crippen LogP contribution in [-0.4, -0.2) is 36.3 Å². The Bertz CT molecular complexity index is 846. The molecule has 0 fully saturated rings. The smallest absolute Gasteiger partial charge is 0.339 e. The van der Waals surface area contributed by atoms with E-state index in [4.69, 9.17) is 19.5 Å². The van der Waals surface area contributed by atoms with Gasteiger partial charge in [0.1, 0.15) is 25.5 Å². The summed E-state index contributed by atoms with van der Waals surface area (Å²) in [5, 5.41) is 8.75. The van der Waals surface area contributed by atoms with Crippen LogP contribution in [0.2, 0.25) is 0 Å². The Morgan fingerprint density at radius 3 is 2.44 bits per heavy atom. The molecule has 0 saturated heterocycles. The molecule has 0 aliphatic heterocycles. The zero-order valence-electron chi connectivity index (χ0n) is 15.7. The predicted octanol–water partition coefficient (Wildman–Crippen LogP) is 2.78. The Balaban J connectivity index is 1.83. The second-order valence-electron chi connectivity index (χ2n) is 5.80. The summed E-state index contributed by atoms with van der Waals surface area (Å²) in [4.78, 5) is 24.0. The average Bonchev–Trinajstić information content (AvgIpc) is 2.94. The molecule has 0 atom stereocenters. The Morgan fingerprint density at radius 2 is 1.81 bits per heavy atom. The van der Waals surface area contributed by atoms with Gasteiger partial charge in [0, 0.05) is 11.4 Å². The topological polar surface area (TPSA) is 90.6 Å². The molecule has 2 aromatic rings. The number of esters is 2. The van der Waals surface area contributed by atoms with Crippen LogP contribution in [0.3, 0.4) is 0 Å². The molecule has 0 spiro atoms. The SMILES string of the molecule is CCOC(=O)c1cc(C)n(CC(=O)OCCOc2ccc(C#N)cc2)c1C. The van der Waals surface area contributed by atoms with Crippen molar-refractivity contribution in [2.45, 2.75) is 27.3 Å². The molecule has 1 heterocycles. The van der Waals surface area contributed by atoms with Crippen molar-refractivity contribution in [1.82, 2.24) is 4.57 Å². The van der Waals surface area contributed by atoms with Gasteiger partial charge in [0.25, 0.3) is 0 Å². The minimum Gasteiger partial charge on any atom is -0.490 e. The van der Waals surface area contributed by atoms with Gasteiger partial charge in [0.2, 0.25) is 0 Å². The maximum absolute atomic E-state index is 12.1. The molecule has 0 aliphatic carbocycles. The number of ether oxygens (including phenoxy) is 3. The first-order valence-electron chi connectivity index (χ1n) is 8.58. The van der Waals surface area contributed by atoms with E-state index in [9.17, 15) is 9.59 Å². The second kappa shape index (κ2) is 9.43. The first-order valence-corrected chi connectivity index (χ1v) is 8.58. The first kappa shape index (κ1) is 20.0. The number of aromatic nitrogens is 1. The van der Waals surface area contributed by atoms with Gasteiger partial charge in [-0.2, -0.15) is 5.26 Å². The van der Waals surface area contributed by atoms with Crippen LogP contribution in [0.4, 0.5) is 0 Å². The number of nitrogens with zero attached hydrogens (tertiary/aromatic N) is 2. The molecule has 7 heteroatoms. The molecule has 142 valence electrons. The third kappa shape index (κ3) is 5.35. The largest absolute Gasteiger partial charge is 0.490 e. The van der Waals surface area contributed by atoms with Gasteiger partial charge in [-0.25, -0.2) is 4.79 Å². The molecule has 0 N–H and O–H groups in total. The lowest BCUT2D eigenvalue weighted by molar-refractivity contribution is -0.145. The van der Waals surface area contributed by atoms with Crippen molar-refractivity contribution in [3.63, 3.8) is 0 Å². The highest BCUT2D eigenvalue weighted by Gasteiger charge is 2.18. The lowest BCUT2D eigenvalue weighted by atomic mass is 10.2. The number of carbonyl (C=O) groups excluding carboxylic acids is 2. The summed E-state index contributed by atoms with van der Waals surface area (Å²) in [7, 11) is 0. The fraction of sp³-hybridized carbons (Fsp3) is 0.350. The van der Waals surface area contributed by atoms with Crippen LogP contribution in [0.15, 0.2) is 30.3 Å². The number of benzene rings is 1. The molecular weight excluding hydrogens is 348 g/mol. The molecule has 0 unspecified atom stereocenters. The normalized spacial score (nSPS) is 10.1. The lowest BCUT2D eigenvalue weighted by Crippen LogP contribution is -2.19. The number of carbonyl (C=O) groups is 2. The van der Waals surface area contributed by atoms with Crippen LogP contribution < -0.4 is 4.74 Å².